The highest BCUT2D eigenvalue weighted by Gasteiger charge is 2.11. The first-order valence-corrected chi connectivity index (χ1v) is 12.6. The largest absolute Gasteiger partial charge is 0.385 e. The third-order valence-electron chi connectivity index (χ3n) is 5.37. The summed E-state index contributed by atoms with van der Waals surface area (Å²) >= 11 is 3.48. The molecule has 0 aliphatic rings. The lowest BCUT2D eigenvalue weighted by Crippen LogP contribution is -2.20. The number of rotatable bonds is 19. The maximum absolute atomic E-state index is 11.6. The molecule has 0 atom stereocenters. The van der Waals surface area contributed by atoms with Crippen LogP contribution in [0.2, 0.25) is 0 Å². The molecule has 5 nitrogen and oxygen atoms in total. The standard InChI is InChI=1S/C24H38BrN2O3/c25-17-13-11-9-7-5-3-1-2-4-6-8-10-12-14-18-26-22-16-15-21(20-28)23(19-22)24(29)27-30/h15-16,19,26,30H,1-14,17-18H2,(H,27,29). The number of alkyl halides is 1. The number of hydroxylamine groups is 1. The van der Waals surface area contributed by atoms with Gasteiger partial charge in [0.15, 0.2) is 0 Å². The molecule has 6 heteroatoms. The van der Waals surface area contributed by atoms with Crippen molar-refractivity contribution in [2.75, 3.05) is 17.2 Å². The summed E-state index contributed by atoms with van der Waals surface area (Å²) in [5, 5.41) is 13.2. The fourth-order valence-corrected chi connectivity index (χ4v) is 3.96. The molecule has 0 aromatic heterocycles. The summed E-state index contributed by atoms with van der Waals surface area (Å²) in [5.41, 5.74) is 2.57. The average molecular weight is 482 g/mol. The van der Waals surface area contributed by atoms with Crippen LogP contribution in [0.25, 0.3) is 0 Å². The zero-order valence-corrected chi connectivity index (χ0v) is 19.8. The van der Waals surface area contributed by atoms with E-state index in [1.807, 2.05) is 0 Å². The molecule has 0 saturated carbocycles. The summed E-state index contributed by atoms with van der Waals surface area (Å²) in [7, 11) is 0. The zero-order valence-electron chi connectivity index (χ0n) is 18.2. The molecule has 169 valence electrons. The molecule has 0 aliphatic carbocycles. The quantitative estimate of drug-likeness (QED) is 0.0907. The molecular weight excluding hydrogens is 444 g/mol. The van der Waals surface area contributed by atoms with Gasteiger partial charge >= 0.3 is 0 Å². The maximum atomic E-state index is 11.6. The third kappa shape index (κ3) is 12.3. The second-order valence-electron chi connectivity index (χ2n) is 7.87. The van der Waals surface area contributed by atoms with Crippen molar-refractivity contribution in [3.63, 3.8) is 0 Å². The molecule has 1 aromatic rings. The lowest BCUT2D eigenvalue weighted by atomic mass is 10.0. The number of halogens is 1. The van der Waals surface area contributed by atoms with Crippen molar-refractivity contribution in [3.05, 3.63) is 29.3 Å². The van der Waals surface area contributed by atoms with Crippen LogP contribution in [0.5, 0.6) is 0 Å². The van der Waals surface area contributed by atoms with Crippen molar-refractivity contribution in [2.45, 2.75) is 89.9 Å². The van der Waals surface area contributed by atoms with Gasteiger partial charge in [0.1, 0.15) is 0 Å². The minimum absolute atomic E-state index is 0.118. The van der Waals surface area contributed by atoms with Crippen LogP contribution in [-0.4, -0.2) is 29.3 Å². The van der Waals surface area contributed by atoms with Gasteiger partial charge in [0, 0.05) is 23.1 Å². The van der Waals surface area contributed by atoms with Crippen LogP contribution in [0, 0.1) is 0 Å². The number of nitrogens with one attached hydrogen (secondary N) is 2. The minimum Gasteiger partial charge on any atom is -0.385 e. The van der Waals surface area contributed by atoms with Crippen LogP contribution in [0.3, 0.4) is 0 Å². The van der Waals surface area contributed by atoms with Crippen LogP contribution in [-0.2, 0) is 4.79 Å². The first kappa shape index (κ1) is 26.6. The van der Waals surface area contributed by atoms with E-state index in [1.165, 1.54) is 89.5 Å². The summed E-state index contributed by atoms with van der Waals surface area (Å²) in [6.45, 7) is 0.819. The van der Waals surface area contributed by atoms with E-state index in [4.69, 9.17) is 5.21 Å². The number of benzene rings is 1. The van der Waals surface area contributed by atoms with Crippen molar-refractivity contribution in [2.24, 2.45) is 0 Å². The van der Waals surface area contributed by atoms with Gasteiger partial charge in [0.05, 0.1) is 5.56 Å². The smallest absolute Gasteiger partial charge is 0.275 e. The number of anilines is 1. The van der Waals surface area contributed by atoms with Crippen LogP contribution in [0.4, 0.5) is 5.69 Å². The van der Waals surface area contributed by atoms with E-state index in [0.717, 1.165) is 24.0 Å². The Morgan fingerprint density at radius 2 is 1.33 bits per heavy atom. The van der Waals surface area contributed by atoms with Gasteiger partial charge < -0.3 is 5.32 Å². The molecule has 0 heterocycles. The summed E-state index contributed by atoms with van der Waals surface area (Å²) < 4.78 is 0. The van der Waals surface area contributed by atoms with E-state index in [0.29, 0.717) is 0 Å². The highest BCUT2D eigenvalue weighted by Crippen LogP contribution is 2.16. The van der Waals surface area contributed by atoms with Crippen molar-refractivity contribution in [1.29, 1.82) is 0 Å². The molecular formula is C24H38BrN2O3. The Hall–Kier alpha value is -1.40. The van der Waals surface area contributed by atoms with Gasteiger partial charge in [-0.2, -0.15) is 0 Å². The molecule has 0 fully saturated rings. The first-order valence-electron chi connectivity index (χ1n) is 11.5. The monoisotopic (exact) mass is 481 g/mol. The molecule has 3 N–H and O–H groups in total. The fraction of sp³-hybridized carbons (Fsp3) is 0.667. The van der Waals surface area contributed by atoms with E-state index in [9.17, 15) is 9.59 Å². The summed E-state index contributed by atoms with van der Waals surface area (Å²) in [6.07, 6.45) is 20.3. The minimum atomic E-state index is -0.706. The van der Waals surface area contributed by atoms with E-state index in [-0.39, 0.29) is 11.1 Å². The molecule has 0 aliphatic heterocycles. The number of carbonyl (C=O) groups is 1. The highest BCUT2D eigenvalue weighted by atomic mass is 79.9. The SMILES string of the molecule is O=[C]c1ccc(NCCCCCCCCCCCCCCCCBr)cc1C(=O)NO. The van der Waals surface area contributed by atoms with E-state index < -0.39 is 5.91 Å². The Bertz CT molecular complexity index is 596. The van der Waals surface area contributed by atoms with Gasteiger partial charge in [-0.15, -0.1) is 0 Å². The lowest BCUT2D eigenvalue weighted by Gasteiger charge is -2.09. The normalized spacial score (nSPS) is 10.7. The van der Waals surface area contributed by atoms with Gasteiger partial charge in [0.25, 0.3) is 5.91 Å². The van der Waals surface area contributed by atoms with E-state index >= 15 is 0 Å². The van der Waals surface area contributed by atoms with Gasteiger partial charge in [-0.3, -0.25) is 14.8 Å². The number of carbonyl (C=O) groups excluding carboxylic acids is 2. The molecule has 1 rings (SSSR count). The molecule has 0 unspecified atom stereocenters. The Kier molecular flexibility index (Phi) is 16.3. The Morgan fingerprint density at radius 3 is 1.80 bits per heavy atom. The number of hydrogen-bond acceptors (Lipinski definition) is 4. The van der Waals surface area contributed by atoms with Crippen LogP contribution in [0.1, 0.15) is 106 Å². The molecule has 1 radical (unpaired) electrons. The van der Waals surface area contributed by atoms with Crippen LogP contribution in [0.15, 0.2) is 18.2 Å². The fourth-order valence-electron chi connectivity index (χ4n) is 3.56. The maximum Gasteiger partial charge on any atom is 0.275 e. The third-order valence-corrected chi connectivity index (χ3v) is 5.93. The molecule has 1 amide bonds. The number of hydrogen-bond donors (Lipinski definition) is 3. The molecule has 0 spiro atoms. The van der Waals surface area contributed by atoms with Gasteiger partial charge in [-0.1, -0.05) is 93.0 Å². The predicted molar refractivity (Wildman–Crippen MR) is 127 cm³/mol. The second-order valence-corrected chi connectivity index (χ2v) is 8.66. The summed E-state index contributed by atoms with van der Waals surface area (Å²) in [5.74, 6) is -0.706. The van der Waals surface area contributed by atoms with Gasteiger partial charge in [0.2, 0.25) is 6.29 Å². The highest BCUT2D eigenvalue weighted by molar-refractivity contribution is 9.09. The van der Waals surface area contributed by atoms with Crippen molar-refractivity contribution in [3.8, 4) is 0 Å². The second kappa shape index (κ2) is 18.4. The lowest BCUT2D eigenvalue weighted by molar-refractivity contribution is 0.0706. The topological polar surface area (TPSA) is 78.4 Å². The molecule has 0 saturated heterocycles. The molecule has 0 bridgehead atoms. The number of amides is 1. The van der Waals surface area contributed by atoms with Gasteiger partial charge in [-0.05, 0) is 31.0 Å². The Balaban J connectivity index is 1.98. The zero-order chi connectivity index (χ0) is 21.9. The van der Waals surface area contributed by atoms with Crippen molar-refractivity contribution >= 4 is 33.8 Å². The first-order chi connectivity index (χ1) is 14.7. The van der Waals surface area contributed by atoms with Gasteiger partial charge in [-0.25, -0.2) is 5.48 Å². The van der Waals surface area contributed by atoms with Crippen LogP contribution < -0.4 is 10.8 Å². The van der Waals surface area contributed by atoms with E-state index in [1.54, 1.807) is 23.9 Å². The molecule has 30 heavy (non-hydrogen) atoms. The average Bonchev–Trinajstić information content (AvgIpc) is 2.78. The Labute approximate surface area is 190 Å². The molecule has 1 aromatic carbocycles. The van der Waals surface area contributed by atoms with E-state index in [2.05, 4.69) is 21.2 Å². The predicted octanol–water partition coefficient (Wildman–Crippen LogP) is 6.53. The van der Waals surface area contributed by atoms with Crippen molar-refractivity contribution < 1.29 is 14.8 Å². The summed E-state index contributed by atoms with van der Waals surface area (Å²) in [4.78, 5) is 22.5. The Morgan fingerprint density at radius 1 is 0.833 bits per heavy atom. The summed E-state index contributed by atoms with van der Waals surface area (Å²) in [6, 6.07) is 4.84. The number of unbranched alkanes of at least 4 members (excludes halogenated alkanes) is 13. The van der Waals surface area contributed by atoms with Crippen molar-refractivity contribution in [1.82, 2.24) is 5.48 Å². The van der Waals surface area contributed by atoms with Crippen LogP contribution >= 0.6 is 15.9 Å².